The number of hydrogen-bond acceptors (Lipinski definition) is 3. The Hall–Kier alpha value is -0.570. The Morgan fingerprint density at radius 3 is 2.15 bits per heavy atom. The number of unbranched alkanes of at least 4 members (excludes halogenated alkanes) is 4. The van der Waals surface area contributed by atoms with Gasteiger partial charge in [0.15, 0.2) is 6.10 Å². The predicted octanol–water partition coefficient (Wildman–Crippen LogP) is 4.87. The van der Waals surface area contributed by atoms with Crippen LogP contribution in [0.1, 0.15) is 85.5 Å². The first-order valence-electron chi connectivity index (χ1n) is 8.51. The van der Waals surface area contributed by atoms with Gasteiger partial charge in [0.1, 0.15) is 0 Å². The van der Waals surface area contributed by atoms with Gasteiger partial charge >= 0.3 is 5.97 Å². The zero-order valence-electron chi connectivity index (χ0n) is 14.0. The van der Waals surface area contributed by atoms with Gasteiger partial charge in [-0.15, -0.1) is 0 Å². The molecule has 0 fully saturated rings. The molecular formula is C17H34O3. The van der Waals surface area contributed by atoms with Gasteiger partial charge in [0, 0.05) is 0 Å². The lowest BCUT2D eigenvalue weighted by atomic mass is 10.1. The smallest absolute Gasteiger partial charge is 0.335 e. The van der Waals surface area contributed by atoms with Gasteiger partial charge in [-0.2, -0.15) is 0 Å². The van der Waals surface area contributed by atoms with E-state index in [0.29, 0.717) is 13.0 Å². The van der Waals surface area contributed by atoms with E-state index in [1.807, 2.05) is 6.92 Å². The standard InChI is InChI=1S/C17H34O3/c1-5-9-11-12-13-15(7-3)20-16(8-4)17(18)19-14-10-6-2/h15-16H,5-14H2,1-4H3. The van der Waals surface area contributed by atoms with E-state index in [0.717, 1.165) is 25.7 Å². The fourth-order valence-corrected chi connectivity index (χ4v) is 2.13. The Morgan fingerprint density at radius 2 is 1.60 bits per heavy atom. The summed E-state index contributed by atoms with van der Waals surface area (Å²) in [5, 5.41) is 0. The van der Waals surface area contributed by atoms with Crippen LogP contribution in [0.4, 0.5) is 0 Å². The average Bonchev–Trinajstić information content (AvgIpc) is 2.46. The quantitative estimate of drug-likeness (QED) is 0.358. The van der Waals surface area contributed by atoms with Crippen LogP contribution in [0.15, 0.2) is 0 Å². The second kappa shape index (κ2) is 13.4. The number of carbonyl (C=O) groups is 1. The van der Waals surface area contributed by atoms with Crippen LogP contribution in [-0.2, 0) is 14.3 Å². The van der Waals surface area contributed by atoms with Crippen molar-refractivity contribution in [2.75, 3.05) is 6.61 Å². The Labute approximate surface area is 125 Å². The number of ether oxygens (including phenoxy) is 2. The molecule has 3 heteroatoms. The second-order valence-electron chi connectivity index (χ2n) is 5.43. The molecule has 0 aliphatic heterocycles. The summed E-state index contributed by atoms with van der Waals surface area (Å²) in [4.78, 5) is 11.9. The van der Waals surface area contributed by atoms with Crippen LogP contribution >= 0.6 is 0 Å². The van der Waals surface area contributed by atoms with E-state index in [-0.39, 0.29) is 18.2 Å². The molecule has 0 heterocycles. The summed E-state index contributed by atoms with van der Waals surface area (Å²) < 4.78 is 11.2. The summed E-state index contributed by atoms with van der Waals surface area (Å²) in [6.07, 6.45) is 9.46. The minimum atomic E-state index is -0.386. The average molecular weight is 286 g/mol. The summed E-state index contributed by atoms with van der Waals surface area (Å²) in [5.74, 6) is -0.187. The number of hydrogen-bond donors (Lipinski definition) is 0. The topological polar surface area (TPSA) is 35.5 Å². The van der Waals surface area contributed by atoms with E-state index in [9.17, 15) is 4.79 Å². The first kappa shape index (κ1) is 19.4. The summed E-state index contributed by atoms with van der Waals surface area (Å²) >= 11 is 0. The molecule has 0 aromatic heterocycles. The molecule has 0 spiro atoms. The highest BCUT2D eigenvalue weighted by molar-refractivity contribution is 5.74. The zero-order chi connectivity index (χ0) is 15.2. The molecule has 20 heavy (non-hydrogen) atoms. The van der Waals surface area contributed by atoms with Crippen LogP contribution in [0, 0.1) is 0 Å². The van der Waals surface area contributed by atoms with Gasteiger partial charge in [0.25, 0.3) is 0 Å². The molecule has 2 unspecified atom stereocenters. The van der Waals surface area contributed by atoms with Crippen molar-refractivity contribution in [2.24, 2.45) is 0 Å². The van der Waals surface area contributed by atoms with E-state index < -0.39 is 0 Å². The molecule has 0 amide bonds. The maximum atomic E-state index is 11.9. The molecule has 3 nitrogen and oxygen atoms in total. The molecular weight excluding hydrogens is 252 g/mol. The van der Waals surface area contributed by atoms with Crippen molar-refractivity contribution >= 4 is 5.97 Å². The molecule has 0 bridgehead atoms. The van der Waals surface area contributed by atoms with E-state index in [1.54, 1.807) is 0 Å². The van der Waals surface area contributed by atoms with Crippen LogP contribution < -0.4 is 0 Å². The van der Waals surface area contributed by atoms with Crippen molar-refractivity contribution < 1.29 is 14.3 Å². The van der Waals surface area contributed by atoms with Gasteiger partial charge in [-0.1, -0.05) is 59.8 Å². The van der Waals surface area contributed by atoms with Gasteiger partial charge in [-0.25, -0.2) is 4.79 Å². The summed E-state index contributed by atoms with van der Waals surface area (Å²) in [6.45, 7) is 8.93. The highest BCUT2D eigenvalue weighted by Crippen LogP contribution is 2.15. The molecule has 0 saturated heterocycles. The summed E-state index contributed by atoms with van der Waals surface area (Å²) in [5.41, 5.74) is 0. The lowest BCUT2D eigenvalue weighted by molar-refractivity contribution is -0.162. The fraction of sp³-hybridized carbons (Fsp3) is 0.941. The van der Waals surface area contributed by atoms with Crippen LogP contribution in [-0.4, -0.2) is 24.8 Å². The van der Waals surface area contributed by atoms with Gasteiger partial charge in [-0.3, -0.25) is 0 Å². The zero-order valence-corrected chi connectivity index (χ0v) is 14.0. The van der Waals surface area contributed by atoms with Gasteiger partial charge < -0.3 is 9.47 Å². The van der Waals surface area contributed by atoms with E-state index in [2.05, 4.69) is 20.8 Å². The van der Waals surface area contributed by atoms with Gasteiger partial charge in [-0.05, 0) is 25.7 Å². The molecule has 0 radical (unpaired) electrons. The lowest BCUT2D eigenvalue weighted by Gasteiger charge is -2.22. The third-order valence-electron chi connectivity index (χ3n) is 3.57. The third kappa shape index (κ3) is 9.35. The molecule has 2 atom stereocenters. The van der Waals surface area contributed by atoms with E-state index >= 15 is 0 Å². The highest BCUT2D eigenvalue weighted by Gasteiger charge is 2.22. The minimum absolute atomic E-state index is 0.187. The Balaban J connectivity index is 4.04. The molecule has 0 N–H and O–H groups in total. The molecule has 0 aliphatic carbocycles. The molecule has 0 aliphatic rings. The normalized spacial score (nSPS) is 14.0. The first-order valence-corrected chi connectivity index (χ1v) is 8.51. The van der Waals surface area contributed by atoms with Crippen molar-refractivity contribution in [1.29, 1.82) is 0 Å². The molecule has 120 valence electrons. The van der Waals surface area contributed by atoms with E-state index in [4.69, 9.17) is 9.47 Å². The molecule has 0 rings (SSSR count). The lowest BCUT2D eigenvalue weighted by Crippen LogP contribution is -2.30. The Kier molecular flexibility index (Phi) is 13.0. The molecule has 0 aromatic rings. The largest absolute Gasteiger partial charge is 0.464 e. The van der Waals surface area contributed by atoms with Crippen molar-refractivity contribution in [2.45, 2.75) is 97.7 Å². The Morgan fingerprint density at radius 1 is 0.900 bits per heavy atom. The third-order valence-corrected chi connectivity index (χ3v) is 3.57. The molecule has 0 saturated carbocycles. The first-order chi connectivity index (χ1) is 9.69. The number of esters is 1. The summed E-state index contributed by atoms with van der Waals surface area (Å²) in [7, 11) is 0. The van der Waals surface area contributed by atoms with Crippen LogP contribution in [0.25, 0.3) is 0 Å². The van der Waals surface area contributed by atoms with Crippen LogP contribution in [0.5, 0.6) is 0 Å². The minimum Gasteiger partial charge on any atom is -0.464 e. The van der Waals surface area contributed by atoms with Gasteiger partial charge in [0.05, 0.1) is 12.7 Å². The molecule has 0 aromatic carbocycles. The van der Waals surface area contributed by atoms with Crippen molar-refractivity contribution in [3.8, 4) is 0 Å². The van der Waals surface area contributed by atoms with Crippen LogP contribution in [0.3, 0.4) is 0 Å². The van der Waals surface area contributed by atoms with Crippen LogP contribution in [0.2, 0.25) is 0 Å². The second-order valence-corrected chi connectivity index (χ2v) is 5.43. The van der Waals surface area contributed by atoms with Crippen molar-refractivity contribution in [1.82, 2.24) is 0 Å². The highest BCUT2D eigenvalue weighted by atomic mass is 16.6. The maximum absolute atomic E-state index is 11.9. The monoisotopic (exact) mass is 286 g/mol. The summed E-state index contributed by atoms with van der Waals surface area (Å²) in [6, 6.07) is 0. The predicted molar refractivity (Wildman–Crippen MR) is 83.9 cm³/mol. The Bertz CT molecular complexity index is 228. The van der Waals surface area contributed by atoms with E-state index in [1.165, 1.54) is 25.7 Å². The maximum Gasteiger partial charge on any atom is 0.335 e. The fourth-order valence-electron chi connectivity index (χ4n) is 2.13. The number of rotatable bonds is 13. The van der Waals surface area contributed by atoms with Crippen molar-refractivity contribution in [3.05, 3.63) is 0 Å². The van der Waals surface area contributed by atoms with Crippen molar-refractivity contribution in [3.63, 3.8) is 0 Å². The SMILES string of the molecule is CCCCCCC(CC)OC(CC)C(=O)OCCCC. The van der Waals surface area contributed by atoms with Gasteiger partial charge in [0.2, 0.25) is 0 Å². The number of carbonyl (C=O) groups excluding carboxylic acids is 1.